The number of hydrogen-bond acceptors (Lipinski definition) is 10. The summed E-state index contributed by atoms with van der Waals surface area (Å²) in [7, 11) is 0. The lowest BCUT2D eigenvalue weighted by molar-refractivity contribution is -0.337. The van der Waals surface area contributed by atoms with Crippen LogP contribution in [-0.2, 0) is 25.5 Å². The lowest BCUT2D eigenvalue weighted by Gasteiger charge is -2.47. The summed E-state index contributed by atoms with van der Waals surface area (Å²) in [6.07, 6.45) is 6.98. The molecule has 1 amide bonds. The Morgan fingerprint density at radius 3 is 2.74 bits per heavy atom. The zero-order valence-electron chi connectivity index (χ0n) is 21.5. The number of fused-ring (bicyclic) bond motifs is 1. The molecule has 0 unspecified atom stereocenters. The van der Waals surface area contributed by atoms with Gasteiger partial charge in [0.25, 0.3) is 0 Å². The Morgan fingerprint density at radius 2 is 2.08 bits per heavy atom. The van der Waals surface area contributed by atoms with Crippen LogP contribution in [0.1, 0.15) is 25.3 Å². The highest BCUT2D eigenvalue weighted by molar-refractivity contribution is 8.03. The number of hydroxylamine groups is 2. The molecular weight excluding hydrogens is 510 g/mol. The van der Waals surface area contributed by atoms with E-state index in [2.05, 4.69) is 18.1 Å². The van der Waals surface area contributed by atoms with Crippen LogP contribution >= 0.6 is 11.8 Å². The molecule has 11 heteroatoms. The molecule has 0 aliphatic carbocycles. The van der Waals surface area contributed by atoms with E-state index in [-0.39, 0.29) is 42.9 Å². The van der Waals surface area contributed by atoms with E-state index in [0.717, 1.165) is 18.4 Å². The van der Waals surface area contributed by atoms with Gasteiger partial charge < -0.3 is 24.6 Å². The lowest BCUT2D eigenvalue weighted by Crippen LogP contribution is -2.62. The third-order valence-electron chi connectivity index (χ3n) is 6.96. The zero-order chi connectivity index (χ0) is 27.2. The van der Waals surface area contributed by atoms with Crippen molar-refractivity contribution in [1.82, 2.24) is 14.9 Å². The number of amides is 1. The largest absolute Gasteiger partial charge is 0.457 e. The van der Waals surface area contributed by atoms with Crippen molar-refractivity contribution in [3.05, 3.63) is 66.0 Å². The molecule has 3 aliphatic rings. The minimum Gasteiger partial charge on any atom is -0.457 e. The predicted octanol–water partition coefficient (Wildman–Crippen LogP) is 2.44. The zero-order valence-corrected chi connectivity index (χ0v) is 22.3. The summed E-state index contributed by atoms with van der Waals surface area (Å²) in [5.41, 5.74) is 1.32. The number of aliphatic hydroxyl groups excluding tert-OH is 2. The Bertz CT molecular complexity index is 1050. The van der Waals surface area contributed by atoms with E-state index >= 15 is 0 Å². The SMILES string of the molecule is C=CCOC(=O)C1=C(S[C@H]2C[C@@H](CCc3cccnc3)N(C(=O)OCC=C)C2)[C@@H](CO)[C@H]2[C@@H]([C@@H](C)O)ON12. The molecule has 3 aliphatic heterocycles. The van der Waals surface area contributed by atoms with E-state index in [9.17, 15) is 19.8 Å². The normalized spacial score (nSPS) is 27.0. The third-order valence-corrected chi connectivity index (χ3v) is 8.39. The van der Waals surface area contributed by atoms with Crippen molar-refractivity contribution in [3.63, 3.8) is 0 Å². The molecule has 0 spiro atoms. The smallest absolute Gasteiger partial charge is 0.410 e. The van der Waals surface area contributed by atoms with Gasteiger partial charge in [-0.2, -0.15) is 0 Å². The Morgan fingerprint density at radius 1 is 1.32 bits per heavy atom. The van der Waals surface area contributed by atoms with Gasteiger partial charge in [0.15, 0.2) is 5.70 Å². The van der Waals surface area contributed by atoms with Crippen molar-refractivity contribution in [2.45, 2.75) is 55.7 Å². The number of aromatic nitrogens is 1. The van der Waals surface area contributed by atoms with Crippen LogP contribution in [0, 0.1) is 5.92 Å². The molecule has 2 saturated heterocycles. The Labute approximate surface area is 226 Å². The molecule has 0 aromatic carbocycles. The van der Waals surface area contributed by atoms with E-state index in [1.165, 1.54) is 29.0 Å². The fourth-order valence-corrected chi connectivity index (χ4v) is 6.78. The Hall–Kier alpha value is -2.86. The molecule has 2 fully saturated rings. The fourth-order valence-electron chi connectivity index (χ4n) is 5.20. The van der Waals surface area contributed by atoms with Crippen molar-refractivity contribution in [2.24, 2.45) is 5.92 Å². The number of aryl methyl sites for hydroxylation is 1. The molecular formula is C27H35N3O7S. The maximum atomic E-state index is 13.0. The van der Waals surface area contributed by atoms with Gasteiger partial charge in [0.2, 0.25) is 0 Å². The van der Waals surface area contributed by atoms with Gasteiger partial charge in [-0.25, -0.2) is 14.7 Å². The van der Waals surface area contributed by atoms with Gasteiger partial charge in [0, 0.05) is 41.1 Å². The summed E-state index contributed by atoms with van der Waals surface area (Å²) in [6, 6.07) is 3.44. The van der Waals surface area contributed by atoms with Gasteiger partial charge in [-0.05, 0) is 37.8 Å². The first-order valence-corrected chi connectivity index (χ1v) is 13.6. The molecule has 10 nitrogen and oxygen atoms in total. The second kappa shape index (κ2) is 12.8. The number of ether oxygens (including phenoxy) is 2. The van der Waals surface area contributed by atoms with E-state index in [1.807, 2.05) is 18.3 Å². The first kappa shape index (κ1) is 28.2. The molecule has 1 aromatic rings. The van der Waals surface area contributed by atoms with E-state index in [1.54, 1.807) is 18.0 Å². The maximum Gasteiger partial charge on any atom is 0.410 e. The maximum absolute atomic E-state index is 13.0. The first-order chi connectivity index (χ1) is 18.4. The summed E-state index contributed by atoms with van der Waals surface area (Å²) in [5, 5.41) is 21.9. The van der Waals surface area contributed by atoms with Crippen molar-refractivity contribution in [3.8, 4) is 0 Å². The van der Waals surface area contributed by atoms with Gasteiger partial charge in [-0.3, -0.25) is 9.82 Å². The van der Waals surface area contributed by atoms with Crippen molar-refractivity contribution < 1.29 is 34.1 Å². The van der Waals surface area contributed by atoms with Crippen LogP contribution in [0.25, 0.3) is 0 Å². The molecule has 0 radical (unpaired) electrons. The van der Waals surface area contributed by atoms with Crippen LogP contribution < -0.4 is 0 Å². The number of thioether (sulfide) groups is 1. The van der Waals surface area contributed by atoms with Crippen LogP contribution in [0.5, 0.6) is 0 Å². The first-order valence-electron chi connectivity index (χ1n) is 12.8. The average molecular weight is 546 g/mol. The number of carbonyl (C=O) groups is 2. The number of aliphatic hydroxyl groups is 2. The van der Waals surface area contributed by atoms with Crippen LogP contribution in [0.2, 0.25) is 0 Å². The number of carbonyl (C=O) groups excluding carboxylic acids is 2. The molecule has 1 aromatic heterocycles. The minimum absolute atomic E-state index is 0.0329. The van der Waals surface area contributed by atoms with E-state index in [4.69, 9.17) is 14.3 Å². The van der Waals surface area contributed by atoms with Crippen molar-refractivity contribution >= 4 is 23.8 Å². The summed E-state index contributed by atoms with van der Waals surface area (Å²) < 4.78 is 10.7. The van der Waals surface area contributed by atoms with Gasteiger partial charge in [0.05, 0.1) is 18.8 Å². The fraction of sp³-hybridized carbons (Fsp3) is 0.519. The lowest BCUT2D eigenvalue weighted by atomic mass is 9.93. The second-order valence-electron chi connectivity index (χ2n) is 9.56. The number of likely N-dealkylation sites (tertiary alicyclic amines) is 1. The Balaban J connectivity index is 1.55. The molecule has 206 valence electrons. The highest BCUT2D eigenvalue weighted by Crippen LogP contribution is 2.51. The molecule has 6 atom stereocenters. The highest BCUT2D eigenvalue weighted by Gasteiger charge is 2.58. The number of nitrogens with zero attached hydrogens (tertiary/aromatic N) is 3. The summed E-state index contributed by atoms with van der Waals surface area (Å²) >= 11 is 1.46. The van der Waals surface area contributed by atoms with Gasteiger partial charge in [0.1, 0.15) is 19.3 Å². The monoisotopic (exact) mass is 545 g/mol. The number of rotatable bonds is 12. The minimum atomic E-state index is -0.779. The van der Waals surface area contributed by atoms with Crippen LogP contribution in [0.3, 0.4) is 0 Å². The predicted molar refractivity (Wildman–Crippen MR) is 142 cm³/mol. The van der Waals surface area contributed by atoms with Crippen LogP contribution in [0.4, 0.5) is 4.79 Å². The standard InChI is InChI=1S/C27H35N3O7S/c1-4-11-35-26(33)23-25(21(16-31)22-24(17(3)32)37-30(22)23)38-20-13-19(9-8-18-7-6-10-28-14-18)29(15-20)27(34)36-12-5-2/h4-7,10,14,17,19-22,24,31-32H,1-2,8-9,11-13,15-16H2,3H3/t17-,19-,20+,21+,22+,24-/m1/s1. The van der Waals surface area contributed by atoms with Crippen molar-refractivity contribution in [1.29, 1.82) is 0 Å². The number of esters is 1. The summed E-state index contributed by atoms with van der Waals surface area (Å²) in [5.74, 6) is -1.01. The summed E-state index contributed by atoms with van der Waals surface area (Å²) in [6.45, 7) is 9.18. The van der Waals surface area contributed by atoms with Crippen molar-refractivity contribution in [2.75, 3.05) is 26.4 Å². The third kappa shape index (κ3) is 5.90. The van der Waals surface area contributed by atoms with Gasteiger partial charge in [-0.15, -0.1) is 11.8 Å². The summed E-state index contributed by atoms with van der Waals surface area (Å²) in [4.78, 5) is 38.2. The van der Waals surface area contributed by atoms with E-state index < -0.39 is 30.2 Å². The molecule has 4 heterocycles. The van der Waals surface area contributed by atoms with Gasteiger partial charge in [-0.1, -0.05) is 31.4 Å². The molecule has 0 saturated carbocycles. The Kier molecular flexibility index (Phi) is 9.48. The second-order valence-corrected chi connectivity index (χ2v) is 10.9. The molecule has 0 bridgehead atoms. The van der Waals surface area contributed by atoms with Gasteiger partial charge >= 0.3 is 12.1 Å². The van der Waals surface area contributed by atoms with Crippen LogP contribution in [0.15, 0.2) is 60.4 Å². The topological polar surface area (TPSA) is 122 Å². The molecule has 38 heavy (non-hydrogen) atoms. The average Bonchev–Trinajstić information content (AvgIpc) is 3.41. The molecule has 2 N–H and O–H groups in total. The van der Waals surface area contributed by atoms with E-state index in [0.29, 0.717) is 17.9 Å². The highest BCUT2D eigenvalue weighted by atomic mass is 32.2. The number of hydrogen-bond donors (Lipinski definition) is 2. The van der Waals surface area contributed by atoms with Crippen LogP contribution in [-0.4, -0.2) is 93.1 Å². The quantitative estimate of drug-likeness (QED) is 0.299. The molecule has 4 rings (SSSR count). The number of pyridine rings is 1.